The van der Waals surface area contributed by atoms with Crippen molar-refractivity contribution >= 4 is 33.4 Å². The molecule has 2 rings (SSSR count). The average molecular weight is 419 g/mol. The molecule has 2 amide bonds. The number of carbonyl (C=O) groups is 2. The largest absolute Gasteiger partial charge is 0.492 e. The van der Waals surface area contributed by atoms with Gasteiger partial charge in [0.15, 0.2) is 0 Å². The molecule has 0 radical (unpaired) electrons. The summed E-state index contributed by atoms with van der Waals surface area (Å²) in [6.45, 7) is 4.91. The zero-order chi connectivity index (χ0) is 19.1. The van der Waals surface area contributed by atoms with E-state index in [2.05, 4.69) is 40.4 Å². The van der Waals surface area contributed by atoms with Crippen LogP contribution in [0.2, 0.25) is 0 Å². The third-order valence-corrected chi connectivity index (χ3v) is 4.41. The molecule has 0 aromatic heterocycles. The summed E-state index contributed by atoms with van der Waals surface area (Å²) in [6, 6.07) is 12.1. The number of rotatable bonds is 7. The number of hydrogen-bond acceptors (Lipinski definition) is 3. The first-order chi connectivity index (χ1) is 12.4. The van der Waals surface area contributed by atoms with Crippen LogP contribution in [-0.2, 0) is 0 Å². The Morgan fingerprint density at radius 2 is 1.85 bits per heavy atom. The van der Waals surface area contributed by atoms with E-state index in [-0.39, 0.29) is 11.8 Å². The van der Waals surface area contributed by atoms with Crippen molar-refractivity contribution in [2.45, 2.75) is 20.3 Å². The fraction of sp³-hybridized carbons (Fsp3) is 0.300. The molecule has 0 unspecified atom stereocenters. The predicted molar refractivity (Wildman–Crippen MR) is 107 cm³/mol. The summed E-state index contributed by atoms with van der Waals surface area (Å²) in [5, 5.41) is 5.35. The molecule has 0 saturated carbocycles. The molecule has 0 heterocycles. The molecular weight excluding hydrogens is 396 g/mol. The Hall–Kier alpha value is -2.34. The third-order valence-electron chi connectivity index (χ3n) is 3.79. The van der Waals surface area contributed by atoms with Crippen LogP contribution >= 0.6 is 15.9 Å². The predicted octanol–water partition coefficient (Wildman–Crippen LogP) is 4.49. The molecule has 0 fully saturated rings. The quantitative estimate of drug-likeness (QED) is 0.695. The zero-order valence-corrected chi connectivity index (χ0v) is 16.7. The van der Waals surface area contributed by atoms with Crippen molar-refractivity contribution in [3.05, 3.63) is 58.1 Å². The third kappa shape index (κ3) is 5.33. The normalized spacial score (nSPS) is 10.5. The molecule has 138 valence electrons. The average Bonchev–Trinajstić information content (AvgIpc) is 2.62. The van der Waals surface area contributed by atoms with Gasteiger partial charge in [-0.25, -0.2) is 0 Å². The number of anilines is 1. The number of ether oxygens (including phenoxy) is 1. The molecule has 0 saturated heterocycles. The van der Waals surface area contributed by atoms with Crippen LogP contribution in [0.15, 0.2) is 46.9 Å². The minimum absolute atomic E-state index is 0.254. The summed E-state index contributed by atoms with van der Waals surface area (Å²) in [5.41, 5.74) is 1.35. The molecule has 2 aromatic carbocycles. The number of nitrogens with one attached hydrogen (secondary N) is 2. The van der Waals surface area contributed by atoms with Crippen LogP contribution in [0.3, 0.4) is 0 Å². The van der Waals surface area contributed by atoms with Crippen molar-refractivity contribution in [3.8, 4) is 5.75 Å². The lowest BCUT2D eigenvalue weighted by atomic mass is 10.1. The molecule has 0 aliphatic rings. The van der Waals surface area contributed by atoms with E-state index in [1.54, 1.807) is 49.5 Å². The van der Waals surface area contributed by atoms with Crippen LogP contribution in [0.25, 0.3) is 0 Å². The Labute approximate surface area is 162 Å². The van der Waals surface area contributed by atoms with Gasteiger partial charge in [-0.2, -0.15) is 0 Å². The Balaban J connectivity index is 2.11. The zero-order valence-electron chi connectivity index (χ0n) is 15.1. The molecule has 5 nitrogen and oxygen atoms in total. The fourth-order valence-electron chi connectivity index (χ4n) is 2.28. The minimum Gasteiger partial charge on any atom is -0.492 e. The summed E-state index contributed by atoms with van der Waals surface area (Å²) in [4.78, 5) is 24.5. The Kier molecular flexibility index (Phi) is 7.21. The molecule has 26 heavy (non-hydrogen) atoms. The highest BCUT2D eigenvalue weighted by Gasteiger charge is 2.14. The van der Waals surface area contributed by atoms with Crippen LogP contribution in [0, 0.1) is 5.92 Å². The SMILES string of the molecule is CNC(=O)c1ccccc1NC(=O)c1ccc(OCCC(C)C)c(Br)c1. The van der Waals surface area contributed by atoms with Gasteiger partial charge in [0.2, 0.25) is 0 Å². The highest BCUT2D eigenvalue weighted by Crippen LogP contribution is 2.27. The maximum Gasteiger partial charge on any atom is 0.255 e. The van der Waals surface area contributed by atoms with E-state index in [9.17, 15) is 9.59 Å². The first-order valence-corrected chi connectivity index (χ1v) is 9.26. The van der Waals surface area contributed by atoms with Crippen LogP contribution in [0.5, 0.6) is 5.75 Å². The lowest BCUT2D eigenvalue weighted by Crippen LogP contribution is -2.21. The Morgan fingerprint density at radius 3 is 2.50 bits per heavy atom. The van der Waals surface area contributed by atoms with E-state index in [1.165, 1.54) is 0 Å². The molecule has 0 bridgehead atoms. The standard InChI is InChI=1S/C20H23BrN2O3/c1-13(2)10-11-26-18-9-8-14(12-16(18)21)19(24)23-17-7-5-4-6-15(17)20(25)22-3/h4-9,12-13H,10-11H2,1-3H3,(H,22,25)(H,23,24). The number of benzene rings is 2. The molecule has 6 heteroatoms. The fourth-order valence-corrected chi connectivity index (χ4v) is 2.78. The van der Waals surface area contributed by atoms with Gasteiger partial charge in [0.05, 0.1) is 22.3 Å². The second kappa shape index (κ2) is 9.38. The molecule has 2 N–H and O–H groups in total. The smallest absolute Gasteiger partial charge is 0.255 e. The molecule has 0 aliphatic heterocycles. The van der Waals surface area contributed by atoms with Crippen LogP contribution in [0.1, 0.15) is 41.0 Å². The Bertz CT molecular complexity index is 790. The molecule has 2 aromatic rings. The van der Waals surface area contributed by atoms with Gasteiger partial charge in [0, 0.05) is 12.6 Å². The van der Waals surface area contributed by atoms with E-state index >= 15 is 0 Å². The summed E-state index contributed by atoms with van der Waals surface area (Å²) < 4.78 is 6.45. The summed E-state index contributed by atoms with van der Waals surface area (Å²) >= 11 is 3.45. The van der Waals surface area contributed by atoms with Crippen molar-refractivity contribution in [2.24, 2.45) is 5.92 Å². The topological polar surface area (TPSA) is 67.4 Å². The highest BCUT2D eigenvalue weighted by atomic mass is 79.9. The minimum atomic E-state index is -0.296. The van der Waals surface area contributed by atoms with Crippen molar-refractivity contribution in [3.63, 3.8) is 0 Å². The van der Waals surface area contributed by atoms with Gasteiger partial charge in [0.1, 0.15) is 5.75 Å². The second-order valence-electron chi connectivity index (χ2n) is 6.26. The van der Waals surface area contributed by atoms with Crippen LogP contribution < -0.4 is 15.4 Å². The number of hydrogen-bond donors (Lipinski definition) is 2. The number of para-hydroxylation sites is 1. The highest BCUT2D eigenvalue weighted by molar-refractivity contribution is 9.10. The maximum absolute atomic E-state index is 12.5. The summed E-state index contributed by atoms with van der Waals surface area (Å²) in [7, 11) is 1.55. The number of halogens is 1. The second-order valence-corrected chi connectivity index (χ2v) is 7.11. The van der Waals surface area contributed by atoms with Gasteiger partial charge in [-0.1, -0.05) is 26.0 Å². The maximum atomic E-state index is 12.5. The van der Waals surface area contributed by atoms with Gasteiger partial charge >= 0.3 is 0 Å². The lowest BCUT2D eigenvalue weighted by molar-refractivity contribution is 0.0964. The van der Waals surface area contributed by atoms with E-state index in [0.29, 0.717) is 39.6 Å². The number of amides is 2. The van der Waals surface area contributed by atoms with E-state index in [4.69, 9.17) is 4.74 Å². The first-order valence-electron chi connectivity index (χ1n) is 8.47. The van der Waals surface area contributed by atoms with Crippen molar-refractivity contribution in [2.75, 3.05) is 19.0 Å². The molecular formula is C20H23BrN2O3. The first kappa shape index (κ1) is 20.0. The number of carbonyl (C=O) groups excluding carboxylic acids is 2. The van der Waals surface area contributed by atoms with E-state index < -0.39 is 0 Å². The Morgan fingerprint density at radius 1 is 1.12 bits per heavy atom. The van der Waals surface area contributed by atoms with Gasteiger partial charge in [-0.05, 0) is 58.6 Å². The molecule has 0 spiro atoms. The van der Waals surface area contributed by atoms with E-state index in [1.807, 2.05) is 0 Å². The van der Waals surface area contributed by atoms with Crippen molar-refractivity contribution in [1.82, 2.24) is 5.32 Å². The van der Waals surface area contributed by atoms with Gasteiger partial charge in [-0.15, -0.1) is 0 Å². The van der Waals surface area contributed by atoms with Gasteiger partial charge in [-0.3, -0.25) is 9.59 Å². The molecule has 0 aliphatic carbocycles. The molecule has 0 atom stereocenters. The monoisotopic (exact) mass is 418 g/mol. The van der Waals surface area contributed by atoms with E-state index in [0.717, 1.165) is 6.42 Å². The summed E-state index contributed by atoms with van der Waals surface area (Å²) in [5.74, 6) is 0.721. The van der Waals surface area contributed by atoms with Crippen molar-refractivity contribution < 1.29 is 14.3 Å². The van der Waals surface area contributed by atoms with Gasteiger partial charge in [0.25, 0.3) is 11.8 Å². The van der Waals surface area contributed by atoms with Crippen LogP contribution in [-0.4, -0.2) is 25.5 Å². The lowest BCUT2D eigenvalue weighted by Gasteiger charge is -2.12. The summed E-state index contributed by atoms with van der Waals surface area (Å²) in [6.07, 6.45) is 0.963. The van der Waals surface area contributed by atoms with Crippen LogP contribution in [0.4, 0.5) is 5.69 Å². The van der Waals surface area contributed by atoms with Gasteiger partial charge < -0.3 is 15.4 Å². The van der Waals surface area contributed by atoms with Crippen molar-refractivity contribution in [1.29, 1.82) is 0 Å².